The maximum atomic E-state index is 13.0. The minimum atomic E-state index is -0.0304. The Morgan fingerprint density at radius 1 is 1.25 bits per heavy atom. The Balaban J connectivity index is 1.32. The fraction of sp³-hybridized carbons (Fsp3) is 0.389. The highest BCUT2D eigenvalue weighted by Gasteiger charge is 2.28. The van der Waals surface area contributed by atoms with E-state index in [0.717, 1.165) is 12.8 Å². The van der Waals surface area contributed by atoms with E-state index in [-0.39, 0.29) is 18.7 Å². The fourth-order valence-corrected chi connectivity index (χ4v) is 3.53. The molecule has 4 heterocycles. The predicted octanol–water partition coefficient (Wildman–Crippen LogP) is 1.84. The second-order valence-electron chi connectivity index (χ2n) is 6.84. The number of carbonyl (C=O) groups excluding carboxylic acids is 1. The van der Waals surface area contributed by atoms with Crippen LogP contribution in [0.5, 0.6) is 11.5 Å². The van der Waals surface area contributed by atoms with E-state index in [2.05, 4.69) is 20.5 Å². The lowest BCUT2D eigenvalue weighted by Crippen LogP contribution is -2.40. The zero-order valence-electron chi connectivity index (χ0n) is 15.2. The first-order chi connectivity index (χ1) is 13.7. The van der Waals surface area contributed by atoms with Gasteiger partial charge in [-0.25, -0.2) is 4.68 Å². The van der Waals surface area contributed by atoms with Gasteiger partial charge >= 0.3 is 0 Å². The van der Waals surface area contributed by atoms with Gasteiger partial charge in [0, 0.05) is 25.6 Å². The zero-order valence-corrected chi connectivity index (χ0v) is 15.2. The molecule has 2 aromatic heterocycles. The molecule has 0 aliphatic carbocycles. The van der Waals surface area contributed by atoms with Gasteiger partial charge in [-0.05, 0) is 31.0 Å². The van der Waals surface area contributed by atoms with Crippen molar-refractivity contribution in [2.75, 3.05) is 19.9 Å². The molecular formula is C18H18N6O4. The number of piperidine rings is 1. The first-order valence-electron chi connectivity index (χ1n) is 9.09. The van der Waals surface area contributed by atoms with Gasteiger partial charge in [-0.15, -0.1) is 5.10 Å². The molecule has 0 bridgehead atoms. The maximum Gasteiger partial charge on any atom is 0.254 e. The summed E-state index contributed by atoms with van der Waals surface area (Å²) in [6.45, 7) is 3.17. The van der Waals surface area contributed by atoms with E-state index in [1.165, 1.54) is 0 Å². The molecule has 1 fully saturated rings. The van der Waals surface area contributed by atoms with Crippen LogP contribution in [0.25, 0.3) is 11.5 Å². The number of likely N-dealkylation sites (tertiary alicyclic amines) is 1. The number of hydrogen-bond acceptors (Lipinski definition) is 8. The van der Waals surface area contributed by atoms with Crippen molar-refractivity contribution in [2.45, 2.75) is 25.8 Å². The molecule has 28 heavy (non-hydrogen) atoms. The van der Waals surface area contributed by atoms with E-state index in [9.17, 15) is 4.79 Å². The summed E-state index contributed by atoms with van der Waals surface area (Å²) in [6.07, 6.45) is 3.60. The molecule has 3 aromatic rings. The molecule has 0 N–H and O–H groups in total. The number of hydrogen-bond donors (Lipinski definition) is 0. The van der Waals surface area contributed by atoms with Crippen LogP contribution >= 0.6 is 0 Å². The van der Waals surface area contributed by atoms with Gasteiger partial charge in [-0.1, -0.05) is 10.4 Å². The van der Waals surface area contributed by atoms with Crippen LogP contribution in [0.3, 0.4) is 0 Å². The summed E-state index contributed by atoms with van der Waals surface area (Å²) in [5.74, 6) is 2.13. The van der Waals surface area contributed by atoms with Gasteiger partial charge in [0.05, 0.1) is 12.2 Å². The maximum absolute atomic E-state index is 13.0. The third-order valence-corrected chi connectivity index (χ3v) is 4.94. The molecule has 5 rings (SSSR count). The van der Waals surface area contributed by atoms with Gasteiger partial charge in [0.1, 0.15) is 0 Å². The Labute approximate surface area is 160 Å². The number of nitrogens with zero attached hydrogens (tertiary/aromatic N) is 6. The Morgan fingerprint density at radius 3 is 3.00 bits per heavy atom. The number of aryl methyl sites for hydroxylation is 1. The third kappa shape index (κ3) is 2.96. The Morgan fingerprint density at radius 2 is 2.14 bits per heavy atom. The highest BCUT2D eigenvalue weighted by Crippen LogP contribution is 2.33. The summed E-state index contributed by atoms with van der Waals surface area (Å²) in [6, 6.07) is 5.32. The number of ether oxygens (including phenoxy) is 2. The van der Waals surface area contributed by atoms with Crippen molar-refractivity contribution in [2.24, 2.45) is 0 Å². The highest BCUT2D eigenvalue weighted by atomic mass is 16.7. The lowest BCUT2D eigenvalue weighted by Gasteiger charge is -2.32. The molecule has 1 saturated heterocycles. The van der Waals surface area contributed by atoms with E-state index in [1.807, 2.05) is 4.90 Å². The van der Waals surface area contributed by atoms with E-state index >= 15 is 0 Å². The molecule has 2 aliphatic heterocycles. The first kappa shape index (κ1) is 16.7. The number of fused-ring (bicyclic) bond motifs is 1. The van der Waals surface area contributed by atoms with Gasteiger partial charge in [-0.3, -0.25) is 4.79 Å². The Kier molecular flexibility index (Phi) is 3.96. The van der Waals surface area contributed by atoms with Crippen LogP contribution in [0.15, 0.2) is 28.9 Å². The summed E-state index contributed by atoms with van der Waals surface area (Å²) in [5, 5.41) is 12.2. The molecule has 0 unspecified atom stereocenters. The molecule has 1 atom stereocenters. The van der Waals surface area contributed by atoms with Crippen LogP contribution in [0.1, 0.15) is 35.1 Å². The van der Waals surface area contributed by atoms with Crippen molar-refractivity contribution in [3.05, 3.63) is 35.9 Å². The average Bonchev–Trinajstić information content (AvgIpc) is 3.47. The van der Waals surface area contributed by atoms with Crippen molar-refractivity contribution < 1.29 is 18.8 Å². The number of aromatic nitrogens is 5. The Bertz CT molecular complexity index is 1030. The van der Waals surface area contributed by atoms with Crippen LogP contribution in [0, 0.1) is 6.92 Å². The van der Waals surface area contributed by atoms with E-state index in [4.69, 9.17) is 14.0 Å². The number of benzene rings is 1. The lowest BCUT2D eigenvalue weighted by molar-refractivity contribution is 0.0671. The first-order valence-corrected chi connectivity index (χ1v) is 9.09. The molecule has 10 nitrogen and oxygen atoms in total. The quantitative estimate of drug-likeness (QED) is 0.675. The normalized spacial score (nSPS) is 18.5. The minimum Gasteiger partial charge on any atom is -0.454 e. The second-order valence-corrected chi connectivity index (χ2v) is 6.84. The predicted molar refractivity (Wildman–Crippen MR) is 94.8 cm³/mol. The third-order valence-electron chi connectivity index (χ3n) is 4.94. The summed E-state index contributed by atoms with van der Waals surface area (Å²) < 4.78 is 17.5. The standard InChI is InChI=1S/C18H18N6O4/c1-11-19-17(21-28-11)14-9-24(22-20-14)13-3-2-6-23(8-13)18(25)12-4-5-15-16(7-12)27-10-26-15/h4-5,7,9,13H,2-3,6,8,10H2,1H3/t13-/m1/s1. The van der Waals surface area contributed by atoms with Crippen molar-refractivity contribution >= 4 is 5.91 Å². The van der Waals surface area contributed by atoms with Crippen molar-refractivity contribution in [3.63, 3.8) is 0 Å². The minimum absolute atomic E-state index is 0.0304. The van der Waals surface area contributed by atoms with Gasteiger partial charge in [0.15, 0.2) is 17.2 Å². The van der Waals surface area contributed by atoms with E-state index in [0.29, 0.717) is 47.6 Å². The number of rotatable bonds is 3. The summed E-state index contributed by atoms with van der Waals surface area (Å²) in [4.78, 5) is 19.0. The van der Waals surface area contributed by atoms with Crippen molar-refractivity contribution in [3.8, 4) is 23.0 Å². The second kappa shape index (κ2) is 6.63. The van der Waals surface area contributed by atoms with Crippen LogP contribution in [-0.4, -0.2) is 55.8 Å². The van der Waals surface area contributed by atoms with E-state index < -0.39 is 0 Å². The molecule has 1 aromatic carbocycles. The summed E-state index contributed by atoms with van der Waals surface area (Å²) in [7, 11) is 0. The largest absolute Gasteiger partial charge is 0.454 e. The molecule has 1 amide bonds. The van der Waals surface area contributed by atoms with Crippen molar-refractivity contribution in [1.29, 1.82) is 0 Å². The highest BCUT2D eigenvalue weighted by molar-refractivity contribution is 5.95. The van der Waals surface area contributed by atoms with Crippen LogP contribution in [0.2, 0.25) is 0 Å². The molecule has 144 valence electrons. The average molecular weight is 382 g/mol. The molecule has 2 aliphatic rings. The molecule has 0 saturated carbocycles. The molecule has 10 heteroatoms. The van der Waals surface area contributed by atoms with Gasteiger partial charge in [0.25, 0.3) is 5.91 Å². The van der Waals surface area contributed by atoms with Crippen molar-refractivity contribution in [1.82, 2.24) is 30.0 Å². The lowest BCUT2D eigenvalue weighted by atomic mass is 10.0. The summed E-state index contributed by atoms with van der Waals surface area (Å²) in [5.41, 5.74) is 1.14. The van der Waals surface area contributed by atoms with Crippen LogP contribution in [0.4, 0.5) is 0 Å². The fourth-order valence-electron chi connectivity index (χ4n) is 3.53. The molecule has 0 spiro atoms. The smallest absolute Gasteiger partial charge is 0.254 e. The zero-order chi connectivity index (χ0) is 19.1. The topological polar surface area (TPSA) is 108 Å². The number of carbonyl (C=O) groups is 1. The van der Waals surface area contributed by atoms with E-state index in [1.54, 1.807) is 36.0 Å². The Hall–Kier alpha value is -3.43. The molecular weight excluding hydrogens is 364 g/mol. The molecule has 0 radical (unpaired) electrons. The SMILES string of the molecule is Cc1nc(-c2cn([C@@H]3CCCN(C(=O)c4ccc5c(c4)OCO5)C3)nn2)no1. The van der Waals surface area contributed by atoms with Gasteiger partial charge in [-0.2, -0.15) is 4.98 Å². The number of amides is 1. The van der Waals surface area contributed by atoms with Crippen LogP contribution < -0.4 is 9.47 Å². The monoisotopic (exact) mass is 382 g/mol. The van der Waals surface area contributed by atoms with Gasteiger partial charge in [0.2, 0.25) is 18.5 Å². The van der Waals surface area contributed by atoms with Gasteiger partial charge < -0.3 is 18.9 Å². The van der Waals surface area contributed by atoms with Crippen LogP contribution in [-0.2, 0) is 0 Å². The summed E-state index contributed by atoms with van der Waals surface area (Å²) >= 11 is 0.